The van der Waals surface area contributed by atoms with Crippen LogP contribution in [-0.2, 0) is 14.3 Å². The summed E-state index contributed by atoms with van der Waals surface area (Å²) in [5.74, 6) is -0.559. The van der Waals surface area contributed by atoms with Crippen LogP contribution in [0.15, 0.2) is 30.3 Å². The molecule has 0 aromatic heterocycles. The average Bonchev–Trinajstić information content (AvgIpc) is 2.70. The first-order valence-electron chi connectivity index (χ1n) is 7.16. The third kappa shape index (κ3) is 1.97. The van der Waals surface area contributed by atoms with E-state index in [9.17, 15) is 14.7 Å². The maximum absolute atomic E-state index is 12.2. The van der Waals surface area contributed by atoms with Gasteiger partial charge in [0.2, 0.25) is 5.91 Å². The first-order valence-corrected chi connectivity index (χ1v) is 7.98. The first kappa shape index (κ1) is 15.4. The predicted molar refractivity (Wildman–Crippen MR) is 83.1 cm³/mol. The lowest BCUT2D eigenvalue weighted by molar-refractivity contribution is -0.171. The van der Waals surface area contributed by atoms with Crippen LogP contribution >= 0.6 is 11.8 Å². The summed E-state index contributed by atoms with van der Waals surface area (Å²) in [6, 6.07) is 8.56. The normalized spacial score (nSPS) is 30.5. The minimum atomic E-state index is -0.842. The van der Waals surface area contributed by atoms with Gasteiger partial charge < -0.3 is 14.7 Å². The zero-order chi connectivity index (χ0) is 16.1. The molecule has 2 aliphatic heterocycles. The largest absolute Gasteiger partial charge is 0.467 e. The number of aliphatic hydroxyl groups excluding tert-OH is 1. The Bertz CT molecular complexity index is 618. The molecular weight excluding hydrogens is 302 g/mol. The van der Waals surface area contributed by atoms with Gasteiger partial charge in [-0.3, -0.25) is 4.79 Å². The van der Waals surface area contributed by atoms with Gasteiger partial charge in [-0.25, -0.2) is 4.79 Å². The Labute approximate surface area is 133 Å². The topological polar surface area (TPSA) is 66.8 Å². The fourth-order valence-electron chi connectivity index (χ4n) is 3.46. The Morgan fingerprint density at radius 3 is 2.59 bits per heavy atom. The van der Waals surface area contributed by atoms with Crippen LogP contribution in [0.1, 0.15) is 31.9 Å². The molecule has 0 radical (unpaired) electrons. The number of esters is 1. The van der Waals surface area contributed by atoms with Crippen molar-refractivity contribution in [2.75, 3.05) is 7.11 Å². The number of fused-ring (bicyclic) bond motifs is 1. The highest BCUT2D eigenvalue weighted by atomic mass is 32.2. The Morgan fingerprint density at radius 2 is 2.05 bits per heavy atom. The number of thioether (sulfide) groups is 1. The van der Waals surface area contributed by atoms with Crippen molar-refractivity contribution in [3.05, 3.63) is 35.9 Å². The van der Waals surface area contributed by atoms with E-state index in [1.807, 2.05) is 44.2 Å². The monoisotopic (exact) mass is 321 g/mol. The van der Waals surface area contributed by atoms with E-state index in [2.05, 4.69) is 0 Å². The van der Waals surface area contributed by atoms with Crippen molar-refractivity contribution >= 4 is 23.6 Å². The molecule has 1 amide bonds. The van der Waals surface area contributed by atoms with Gasteiger partial charge in [-0.05, 0) is 19.4 Å². The molecule has 2 aliphatic rings. The smallest absolute Gasteiger partial charge is 0.330 e. The zero-order valence-corrected chi connectivity index (χ0v) is 13.6. The van der Waals surface area contributed by atoms with E-state index in [-0.39, 0.29) is 12.3 Å². The van der Waals surface area contributed by atoms with E-state index in [4.69, 9.17) is 4.74 Å². The van der Waals surface area contributed by atoms with Crippen LogP contribution < -0.4 is 0 Å². The van der Waals surface area contributed by atoms with Crippen molar-refractivity contribution < 1.29 is 19.4 Å². The van der Waals surface area contributed by atoms with Gasteiger partial charge in [-0.1, -0.05) is 30.3 Å². The molecule has 0 spiro atoms. The summed E-state index contributed by atoms with van der Waals surface area (Å²) in [6.07, 6.45) is -0.615. The number of carbonyl (C=O) groups excluding carboxylic acids is 2. The van der Waals surface area contributed by atoms with Crippen LogP contribution in [0, 0.1) is 0 Å². The minimum Gasteiger partial charge on any atom is -0.467 e. The van der Waals surface area contributed by atoms with Crippen LogP contribution in [0.2, 0.25) is 0 Å². The van der Waals surface area contributed by atoms with Crippen molar-refractivity contribution in [1.29, 1.82) is 0 Å². The second-order valence-electron chi connectivity index (χ2n) is 6.23. The second kappa shape index (κ2) is 4.99. The number of carbonyl (C=O) groups is 2. The highest BCUT2D eigenvalue weighted by Gasteiger charge is 2.70. The van der Waals surface area contributed by atoms with Crippen molar-refractivity contribution in [3.63, 3.8) is 0 Å². The molecule has 0 aliphatic carbocycles. The van der Waals surface area contributed by atoms with E-state index < -0.39 is 27.7 Å². The summed E-state index contributed by atoms with van der Waals surface area (Å²) in [6.45, 7) is 3.81. The molecule has 1 N–H and O–H groups in total. The number of nitrogens with zero attached hydrogens (tertiary/aromatic N) is 1. The number of hydrogen-bond donors (Lipinski definition) is 1. The molecule has 118 valence electrons. The molecule has 6 heteroatoms. The maximum Gasteiger partial charge on any atom is 0.330 e. The number of hydrogen-bond acceptors (Lipinski definition) is 5. The minimum absolute atomic E-state index is 0.122. The van der Waals surface area contributed by atoms with Gasteiger partial charge in [0.15, 0.2) is 0 Å². The summed E-state index contributed by atoms with van der Waals surface area (Å²) in [5.41, 5.74) is 0.744. The van der Waals surface area contributed by atoms with Gasteiger partial charge in [0.1, 0.15) is 17.0 Å². The van der Waals surface area contributed by atoms with E-state index >= 15 is 0 Å². The average molecular weight is 321 g/mol. The number of β-lactam (4-membered cyclic amide) rings is 1. The van der Waals surface area contributed by atoms with E-state index in [1.54, 1.807) is 0 Å². The fourth-order valence-corrected chi connectivity index (χ4v) is 5.43. The second-order valence-corrected chi connectivity index (χ2v) is 8.19. The lowest BCUT2D eigenvalue weighted by Gasteiger charge is -2.50. The quantitative estimate of drug-likeness (QED) is 0.678. The van der Waals surface area contributed by atoms with Crippen LogP contribution in [0.5, 0.6) is 0 Å². The van der Waals surface area contributed by atoms with Crippen molar-refractivity contribution in [2.24, 2.45) is 0 Å². The molecule has 1 aromatic rings. The van der Waals surface area contributed by atoms with E-state index in [0.717, 1.165) is 5.56 Å². The van der Waals surface area contributed by atoms with Gasteiger partial charge in [0.25, 0.3) is 0 Å². The molecular formula is C16H19NO4S. The lowest BCUT2D eigenvalue weighted by Crippen LogP contribution is -2.66. The molecule has 5 nitrogen and oxygen atoms in total. The highest BCUT2D eigenvalue weighted by molar-refractivity contribution is 8.02. The summed E-state index contributed by atoms with van der Waals surface area (Å²) in [7, 11) is 1.32. The van der Waals surface area contributed by atoms with Gasteiger partial charge >= 0.3 is 5.97 Å². The molecule has 3 rings (SSSR count). The number of methoxy groups -OCH3 is 1. The van der Waals surface area contributed by atoms with E-state index in [0.29, 0.717) is 0 Å². The molecule has 2 fully saturated rings. The summed E-state index contributed by atoms with van der Waals surface area (Å²) in [4.78, 5) is 25.0. The molecule has 0 bridgehead atoms. The Kier molecular flexibility index (Phi) is 3.49. The maximum atomic E-state index is 12.2. The molecule has 0 saturated carbocycles. The van der Waals surface area contributed by atoms with Crippen LogP contribution in [0.3, 0.4) is 0 Å². The van der Waals surface area contributed by atoms with Crippen LogP contribution in [0.25, 0.3) is 0 Å². The van der Waals surface area contributed by atoms with Crippen molar-refractivity contribution in [2.45, 2.75) is 42.0 Å². The summed E-state index contributed by atoms with van der Waals surface area (Å²) in [5, 5.41) is 10.9. The summed E-state index contributed by atoms with van der Waals surface area (Å²) >= 11 is 1.48. The number of ether oxygens (including phenoxy) is 1. The van der Waals surface area contributed by atoms with Crippen LogP contribution in [0.4, 0.5) is 0 Å². The standard InChI is InChI=1S/C16H19NO4S/c1-15(2)12(14(20)21-3)17-11(18)9-16(17,22-15)13(19)10-7-5-4-6-8-10/h4-8,12-13,19H,9H2,1-3H3/t12-,13?,16?/m0/s1. The Balaban J connectivity index is 2.01. The lowest BCUT2D eigenvalue weighted by atomic mass is 9.87. The van der Waals surface area contributed by atoms with Crippen molar-refractivity contribution in [3.8, 4) is 0 Å². The molecule has 3 atom stereocenters. The Morgan fingerprint density at radius 1 is 1.41 bits per heavy atom. The SMILES string of the molecule is COC(=O)[C@@H]1N2C(=O)CC2(C(O)c2ccccc2)SC1(C)C. The van der Waals surface area contributed by atoms with Gasteiger partial charge in [0.05, 0.1) is 13.5 Å². The van der Waals surface area contributed by atoms with Gasteiger partial charge in [-0.2, -0.15) is 0 Å². The number of amides is 1. The van der Waals surface area contributed by atoms with Crippen molar-refractivity contribution in [1.82, 2.24) is 4.90 Å². The highest BCUT2D eigenvalue weighted by Crippen LogP contribution is 2.63. The number of aliphatic hydroxyl groups is 1. The molecule has 2 unspecified atom stereocenters. The summed E-state index contributed by atoms with van der Waals surface area (Å²) < 4.78 is 4.35. The zero-order valence-electron chi connectivity index (χ0n) is 12.8. The number of benzene rings is 1. The number of rotatable bonds is 3. The van der Waals surface area contributed by atoms with Crippen LogP contribution in [-0.4, -0.2) is 44.7 Å². The molecule has 1 aromatic carbocycles. The first-order chi connectivity index (χ1) is 10.3. The predicted octanol–water partition coefficient (Wildman–Crippen LogP) is 1.72. The third-order valence-corrected chi connectivity index (χ3v) is 6.07. The third-order valence-electron chi connectivity index (χ3n) is 4.40. The molecule has 2 saturated heterocycles. The Hall–Kier alpha value is -1.53. The fraction of sp³-hybridized carbons (Fsp3) is 0.500. The molecule has 22 heavy (non-hydrogen) atoms. The van der Waals surface area contributed by atoms with E-state index in [1.165, 1.54) is 23.8 Å². The van der Waals surface area contributed by atoms with Gasteiger partial charge in [-0.15, -0.1) is 11.8 Å². The van der Waals surface area contributed by atoms with Gasteiger partial charge in [0, 0.05) is 4.75 Å². The molecule has 2 heterocycles.